The Labute approximate surface area is 227 Å². The van der Waals surface area contributed by atoms with Gasteiger partial charge in [0.05, 0.1) is 10.6 Å². The van der Waals surface area contributed by atoms with Crippen molar-refractivity contribution in [3.8, 4) is 11.3 Å². The number of anilines is 1. The SMILES string of the molecule is Bc1cnn2c(NCC3CCN(S(=O)(=O)c4ccc5ccccc5c4)CC3)cc(-c3ccccc3Cl)nc12. The summed E-state index contributed by atoms with van der Waals surface area (Å²) in [6.45, 7) is 1.71. The molecule has 2 aromatic heterocycles. The Kier molecular flexibility index (Phi) is 6.59. The van der Waals surface area contributed by atoms with E-state index >= 15 is 0 Å². The van der Waals surface area contributed by atoms with E-state index in [1.54, 1.807) is 22.6 Å². The standard InChI is InChI=1S/C28H27BClN5O2S/c29-24-18-32-35-27(16-26(33-28(24)35)23-7-3-4-8-25(23)30)31-17-19-11-13-34(14-12-19)38(36,37)22-10-9-20-5-1-2-6-21(20)15-22/h1-10,15-16,18-19,31H,11-14,17,29H2. The topological polar surface area (TPSA) is 79.6 Å². The normalized spacial score (nSPS) is 15.3. The van der Waals surface area contributed by atoms with Gasteiger partial charge in [0.2, 0.25) is 10.0 Å². The summed E-state index contributed by atoms with van der Waals surface area (Å²) in [6.07, 6.45) is 3.37. The van der Waals surface area contributed by atoms with E-state index in [0.717, 1.165) is 51.8 Å². The summed E-state index contributed by atoms with van der Waals surface area (Å²) in [5.41, 5.74) is 3.41. The summed E-state index contributed by atoms with van der Waals surface area (Å²) in [4.78, 5) is 5.16. The molecule has 0 amide bonds. The van der Waals surface area contributed by atoms with Crippen molar-refractivity contribution >= 4 is 57.2 Å². The fourth-order valence-corrected chi connectivity index (χ4v) is 6.82. The number of nitrogens with one attached hydrogen (secondary N) is 1. The quantitative estimate of drug-likeness (QED) is 0.328. The van der Waals surface area contributed by atoms with Crippen molar-refractivity contribution < 1.29 is 8.42 Å². The van der Waals surface area contributed by atoms with Gasteiger partial charge in [0.1, 0.15) is 13.7 Å². The van der Waals surface area contributed by atoms with Gasteiger partial charge in [-0.1, -0.05) is 60.1 Å². The largest absolute Gasteiger partial charge is 0.370 e. The van der Waals surface area contributed by atoms with Crippen LogP contribution in [0, 0.1) is 5.92 Å². The van der Waals surface area contributed by atoms with Crippen molar-refractivity contribution in [2.45, 2.75) is 17.7 Å². The van der Waals surface area contributed by atoms with E-state index in [4.69, 9.17) is 16.6 Å². The lowest BCUT2D eigenvalue weighted by Crippen LogP contribution is -2.39. The zero-order valence-corrected chi connectivity index (χ0v) is 22.6. The molecule has 1 aliphatic heterocycles. The molecule has 5 aromatic rings. The van der Waals surface area contributed by atoms with Crippen LogP contribution in [0.2, 0.25) is 5.02 Å². The molecule has 192 valence electrons. The molecule has 0 spiro atoms. The van der Waals surface area contributed by atoms with Crippen LogP contribution in [0.1, 0.15) is 12.8 Å². The van der Waals surface area contributed by atoms with E-state index in [2.05, 4.69) is 10.4 Å². The van der Waals surface area contributed by atoms with E-state index in [-0.39, 0.29) is 0 Å². The molecule has 0 atom stereocenters. The molecule has 1 aliphatic rings. The van der Waals surface area contributed by atoms with Crippen molar-refractivity contribution in [3.05, 3.63) is 84.0 Å². The molecule has 3 aromatic carbocycles. The average Bonchev–Trinajstić information content (AvgIpc) is 3.32. The van der Waals surface area contributed by atoms with Crippen LogP contribution in [0.5, 0.6) is 0 Å². The number of nitrogens with zero attached hydrogens (tertiary/aromatic N) is 4. The molecular weight excluding hydrogens is 517 g/mol. The van der Waals surface area contributed by atoms with E-state index in [1.165, 1.54) is 0 Å². The van der Waals surface area contributed by atoms with Crippen LogP contribution in [0.3, 0.4) is 0 Å². The Bertz CT molecular complexity index is 1750. The fraction of sp³-hybridized carbons (Fsp3) is 0.214. The summed E-state index contributed by atoms with van der Waals surface area (Å²) in [5, 5.41) is 10.7. The zero-order chi connectivity index (χ0) is 26.3. The Morgan fingerprint density at radius 3 is 2.50 bits per heavy atom. The third kappa shape index (κ3) is 4.66. The number of hydrogen-bond acceptors (Lipinski definition) is 5. The molecule has 1 fully saturated rings. The van der Waals surface area contributed by atoms with Gasteiger partial charge in [-0.05, 0) is 53.2 Å². The minimum atomic E-state index is -3.53. The van der Waals surface area contributed by atoms with Gasteiger partial charge in [-0.2, -0.15) is 13.9 Å². The van der Waals surface area contributed by atoms with E-state index in [0.29, 0.717) is 35.5 Å². The predicted octanol–water partition coefficient (Wildman–Crippen LogP) is 3.97. The van der Waals surface area contributed by atoms with Crippen LogP contribution in [-0.2, 0) is 10.0 Å². The molecular formula is C28H27BClN5O2S. The van der Waals surface area contributed by atoms with E-state index in [1.807, 2.05) is 73.0 Å². The van der Waals surface area contributed by atoms with Gasteiger partial charge in [0.25, 0.3) is 0 Å². The smallest absolute Gasteiger partial charge is 0.243 e. The lowest BCUT2D eigenvalue weighted by Gasteiger charge is -2.31. The monoisotopic (exact) mass is 543 g/mol. The van der Waals surface area contributed by atoms with Crippen LogP contribution in [0.25, 0.3) is 27.7 Å². The van der Waals surface area contributed by atoms with E-state index < -0.39 is 10.0 Å². The van der Waals surface area contributed by atoms with Crippen LogP contribution in [0.4, 0.5) is 5.82 Å². The van der Waals surface area contributed by atoms with E-state index in [9.17, 15) is 8.42 Å². The van der Waals surface area contributed by atoms with Crippen LogP contribution < -0.4 is 10.8 Å². The summed E-state index contributed by atoms with van der Waals surface area (Å²) in [7, 11) is -1.55. The Hall–Kier alpha value is -3.40. The molecule has 0 saturated carbocycles. The second-order valence-electron chi connectivity index (χ2n) is 9.81. The molecule has 0 unspecified atom stereocenters. The van der Waals surface area contributed by atoms with Gasteiger partial charge < -0.3 is 5.32 Å². The Morgan fingerprint density at radius 1 is 0.974 bits per heavy atom. The Morgan fingerprint density at radius 2 is 1.71 bits per heavy atom. The molecule has 38 heavy (non-hydrogen) atoms. The highest BCUT2D eigenvalue weighted by molar-refractivity contribution is 7.89. The molecule has 1 N–H and O–H groups in total. The Balaban J connectivity index is 1.16. The molecule has 7 nitrogen and oxygen atoms in total. The van der Waals surface area contributed by atoms with Gasteiger partial charge in [0.15, 0.2) is 5.65 Å². The van der Waals surface area contributed by atoms with Crippen molar-refractivity contribution in [2.75, 3.05) is 25.0 Å². The first-order valence-corrected chi connectivity index (χ1v) is 14.5. The van der Waals surface area contributed by atoms with Gasteiger partial charge in [0, 0.05) is 42.5 Å². The number of fused-ring (bicyclic) bond motifs is 2. The third-order valence-electron chi connectivity index (χ3n) is 7.30. The summed E-state index contributed by atoms with van der Waals surface area (Å²) in [6, 6.07) is 22.8. The lowest BCUT2D eigenvalue weighted by atomic mass is 9.98. The number of sulfonamides is 1. The molecule has 1 saturated heterocycles. The van der Waals surface area contributed by atoms with Crippen LogP contribution in [-0.4, -0.2) is 54.8 Å². The first-order valence-electron chi connectivity index (χ1n) is 12.7. The maximum absolute atomic E-state index is 13.3. The van der Waals surface area contributed by atoms with Gasteiger partial charge in [-0.25, -0.2) is 13.4 Å². The highest BCUT2D eigenvalue weighted by Crippen LogP contribution is 2.30. The molecule has 0 radical (unpaired) electrons. The van der Waals surface area contributed by atoms with Gasteiger partial charge in [-0.15, -0.1) is 0 Å². The average molecular weight is 544 g/mol. The lowest BCUT2D eigenvalue weighted by molar-refractivity contribution is 0.282. The van der Waals surface area contributed by atoms with Crippen molar-refractivity contribution in [1.29, 1.82) is 0 Å². The summed E-state index contributed by atoms with van der Waals surface area (Å²) in [5.74, 6) is 1.17. The number of aromatic nitrogens is 3. The predicted molar refractivity (Wildman–Crippen MR) is 156 cm³/mol. The second-order valence-corrected chi connectivity index (χ2v) is 12.2. The minimum absolute atomic E-state index is 0.335. The van der Waals surface area contributed by atoms with Crippen LogP contribution >= 0.6 is 11.6 Å². The molecule has 6 rings (SSSR count). The first-order chi connectivity index (χ1) is 18.4. The molecule has 3 heterocycles. The van der Waals surface area contributed by atoms with Crippen LogP contribution in [0.15, 0.2) is 83.9 Å². The van der Waals surface area contributed by atoms with Crippen molar-refractivity contribution in [2.24, 2.45) is 5.92 Å². The number of hydrogen-bond donors (Lipinski definition) is 1. The number of benzene rings is 3. The zero-order valence-electron chi connectivity index (χ0n) is 21.0. The number of halogens is 1. The van der Waals surface area contributed by atoms with Gasteiger partial charge >= 0.3 is 0 Å². The minimum Gasteiger partial charge on any atom is -0.370 e. The third-order valence-corrected chi connectivity index (χ3v) is 9.53. The van der Waals surface area contributed by atoms with Gasteiger partial charge in [-0.3, -0.25) is 0 Å². The maximum Gasteiger partial charge on any atom is 0.243 e. The molecule has 0 bridgehead atoms. The van der Waals surface area contributed by atoms with Crippen molar-refractivity contribution in [3.63, 3.8) is 0 Å². The molecule has 10 heteroatoms. The van der Waals surface area contributed by atoms with Crippen molar-refractivity contribution in [1.82, 2.24) is 18.9 Å². The maximum atomic E-state index is 13.3. The fourth-order valence-electron chi connectivity index (χ4n) is 5.09. The summed E-state index contributed by atoms with van der Waals surface area (Å²) >= 11 is 6.46. The number of rotatable bonds is 6. The summed E-state index contributed by atoms with van der Waals surface area (Å²) < 4.78 is 30.1. The molecule has 0 aliphatic carbocycles. The highest BCUT2D eigenvalue weighted by atomic mass is 35.5. The highest BCUT2D eigenvalue weighted by Gasteiger charge is 2.29. The first kappa shape index (κ1) is 24.9. The second kappa shape index (κ2) is 10.1. The number of piperidine rings is 1.